The molecule has 4 rings (SSSR count). The molecule has 0 unspecified atom stereocenters. The Morgan fingerprint density at radius 3 is 2.69 bits per heavy atom. The molecule has 7 nitrogen and oxygen atoms in total. The second kappa shape index (κ2) is 7.03. The maximum atomic E-state index is 12.4. The highest BCUT2D eigenvalue weighted by Crippen LogP contribution is 2.18. The quantitative estimate of drug-likeness (QED) is 0.778. The van der Waals surface area contributed by atoms with Crippen LogP contribution in [0.2, 0.25) is 0 Å². The number of rotatable bonds is 4. The minimum absolute atomic E-state index is 0.260. The Kier molecular flexibility index (Phi) is 4.43. The van der Waals surface area contributed by atoms with Crippen molar-refractivity contribution in [2.45, 2.75) is 26.3 Å². The van der Waals surface area contributed by atoms with Crippen molar-refractivity contribution >= 4 is 22.8 Å². The number of carbonyl (C=O) groups excluding carboxylic acids is 1. The average Bonchev–Trinajstić information content (AvgIpc) is 3.20. The van der Waals surface area contributed by atoms with E-state index in [1.165, 1.54) is 19.0 Å². The zero-order valence-corrected chi connectivity index (χ0v) is 14.6. The molecule has 0 spiro atoms. The summed E-state index contributed by atoms with van der Waals surface area (Å²) in [5, 5.41) is 2.84. The number of anilines is 1. The molecule has 0 bridgehead atoms. The molecule has 3 aromatic rings. The molecule has 1 N–H and O–H groups in total. The van der Waals surface area contributed by atoms with Crippen LogP contribution in [0, 0.1) is 6.92 Å². The number of nitrogens with zero attached hydrogens (tertiary/aromatic N) is 5. The van der Waals surface area contributed by atoms with Crippen molar-refractivity contribution < 1.29 is 4.79 Å². The highest BCUT2D eigenvalue weighted by atomic mass is 16.1. The van der Waals surface area contributed by atoms with Gasteiger partial charge >= 0.3 is 0 Å². The van der Waals surface area contributed by atoms with Crippen LogP contribution in [0.1, 0.15) is 34.8 Å². The van der Waals surface area contributed by atoms with Gasteiger partial charge in [-0.25, -0.2) is 15.0 Å². The first-order valence-electron chi connectivity index (χ1n) is 8.78. The van der Waals surface area contributed by atoms with Crippen molar-refractivity contribution in [2.24, 2.45) is 0 Å². The lowest BCUT2D eigenvalue weighted by atomic mass is 10.3. The Bertz CT molecular complexity index is 952. The summed E-state index contributed by atoms with van der Waals surface area (Å²) < 4.78 is 0. The van der Waals surface area contributed by atoms with Gasteiger partial charge in [0.2, 0.25) is 0 Å². The average molecular weight is 348 g/mol. The van der Waals surface area contributed by atoms with Gasteiger partial charge < -0.3 is 10.2 Å². The van der Waals surface area contributed by atoms with E-state index in [0.717, 1.165) is 30.1 Å². The van der Waals surface area contributed by atoms with Gasteiger partial charge in [0, 0.05) is 24.8 Å². The summed E-state index contributed by atoms with van der Waals surface area (Å²) in [5.41, 5.74) is 2.65. The molecule has 0 saturated carbocycles. The standard InChI is InChI=1S/C19H20N6O/c1-13-10-18(25-8-4-5-9-25)24-17(22-13)12-21-19(26)16-11-20-14-6-2-3-7-15(14)23-16/h2-3,6-7,10-11H,4-5,8-9,12H2,1H3,(H,21,26). The maximum Gasteiger partial charge on any atom is 0.271 e. The zero-order chi connectivity index (χ0) is 17.9. The topological polar surface area (TPSA) is 83.9 Å². The highest BCUT2D eigenvalue weighted by Gasteiger charge is 2.16. The van der Waals surface area contributed by atoms with E-state index in [2.05, 4.69) is 30.2 Å². The van der Waals surface area contributed by atoms with E-state index in [1.54, 1.807) is 0 Å². The van der Waals surface area contributed by atoms with Gasteiger partial charge in [-0.05, 0) is 31.9 Å². The van der Waals surface area contributed by atoms with Crippen molar-refractivity contribution in [3.63, 3.8) is 0 Å². The monoisotopic (exact) mass is 348 g/mol. The summed E-state index contributed by atoms with van der Waals surface area (Å²) >= 11 is 0. The zero-order valence-electron chi connectivity index (χ0n) is 14.6. The van der Waals surface area contributed by atoms with Gasteiger partial charge in [0.1, 0.15) is 17.3 Å². The van der Waals surface area contributed by atoms with Gasteiger partial charge in [0.05, 0.1) is 23.8 Å². The third kappa shape index (κ3) is 3.46. The number of hydrogen-bond donors (Lipinski definition) is 1. The molecule has 1 fully saturated rings. The van der Waals surface area contributed by atoms with E-state index in [0.29, 0.717) is 11.3 Å². The Morgan fingerprint density at radius 1 is 1.12 bits per heavy atom. The van der Waals surface area contributed by atoms with Gasteiger partial charge in [-0.1, -0.05) is 12.1 Å². The molecule has 1 saturated heterocycles. The van der Waals surface area contributed by atoms with E-state index < -0.39 is 0 Å². The normalized spacial score (nSPS) is 14.0. The number of aromatic nitrogens is 4. The first-order valence-corrected chi connectivity index (χ1v) is 8.78. The summed E-state index contributed by atoms with van der Waals surface area (Å²) in [6.45, 7) is 4.25. The molecule has 3 heterocycles. The Hall–Kier alpha value is -3.09. The fraction of sp³-hybridized carbons (Fsp3) is 0.316. The lowest BCUT2D eigenvalue weighted by Gasteiger charge is -2.17. The lowest BCUT2D eigenvalue weighted by molar-refractivity contribution is 0.0945. The van der Waals surface area contributed by atoms with Gasteiger partial charge in [-0.2, -0.15) is 0 Å². The summed E-state index contributed by atoms with van der Waals surface area (Å²) in [5.74, 6) is 1.26. The first-order chi connectivity index (χ1) is 12.7. The Balaban J connectivity index is 1.48. The largest absolute Gasteiger partial charge is 0.357 e. The first kappa shape index (κ1) is 16.4. The number of para-hydroxylation sites is 2. The minimum atomic E-state index is -0.281. The Labute approximate surface area is 151 Å². The van der Waals surface area contributed by atoms with Gasteiger partial charge in [-0.3, -0.25) is 9.78 Å². The van der Waals surface area contributed by atoms with Crippen LogP contribution in [-0.2, 0) is 6.54 Å². The van der Waals surface area contributed by atoms with Crippen molar-refractivity contribution in [1.29, 1.82) is 0 Å². The SMILES string of the molecule is Cc1cc(N2CCCC2)nc(CNC(=O)c2cnc3ccccc3n2)n1. The number of hydrogen-bond acceptors (Lipinski definition) is 6. The molecule has 1 aliphatic heterocycles. The van der Waals surface area contributed by atoms with Crippen molar-refractivity contribution in [1.82, 2.24) is 25.3 Å². The van der Waals surface area contributed by atoms with Crippen LogP contribution in [-0.4, -0.2) is 38.9 Å². The molecular formula is C19H20N6O. The number of benzene rings is 1. The number of carbonyl (C=O) groups is 1. The van der Waals surface area contributed by atoms with Crippen molar-refractivity contribution in [3.05, 3.63) is 53.7 Å². The summed E-state index contributed by atoms with van der Waals surface area (Å²) in [4.78, 5) is 32.3. The molecule has 1 aromatic carbocycles. The summed E-state index contributed by atoms with van der Waals surface area (Å²) in [6, 6.07) is 9.46. The summed E-state index contributed by atoms with van der Waals surface area (Å²) in [7, 11) is 0. The predicted molar refractivity (Wildman–Crippen MR) is 98.9 cm³/mol. The van der Waals surface area contributed by atoms with Crippen molar-refractivity contribution in [2.75, 3.05) is 18.0 Å². The molecule has 2 aromatic heterocycles. The molecule has 0 aliphatic carbocycles. The lowest BCUT2D eigenvalue weighted by Crippen LogP contribution is -2.26. The molecule has 1 aliphatic rings. The number of fused-ring (bicyclic) bond motifs is 1. The van der Waals surface area contributed by atoms with Crippen LogP contribution < -0.4 is 10.2 Å². The van der Waals surface area contributed by atoms with Gasteiger partial charge in [-0.15, -0.1) is 0 Å². The van der Waals surface area contributed by atoms with Crippen LogP contribution in [0.15, 0.2) is 36.5 Å². The van der Waals surface area contributed by atoms with Gasteiger partial charge in [0.25, 0.3) is 5.91 Å². The van der Waals surface area contributed by atoms with E-state index in [1.807, 2.05) is 37.3 Å². The molecule has 0 radical (unpaired) electrons. The van der Waals surface area contributed by atoms with Gasteiger partial charge in [0.15, 0.2) is 0 Å². The number of nitrogens with one attached hydrogen (secondary N) is 1. The van der Waals surface area contributed by atoms with Crippen molar-refractivity contribution in [3.8, 4) is 0 Å². The molecule has 1 amide bonds. The second-order valence-corrected chi connectivity index (χ2v) is 6.40. The summed E-state index contributed by atoms with van der Waals surface area (Å²) in [6.07, 6.45) is 3.87. The molecule has 132 valence electrons. The van der Waals surface area contributed by atoms with E-state index in [9.17, 15) is 4.79 Å². The smallest absolute Gasteiger partial charge is 0.271 e. The molecular weight excluding hydrogens is 328 g/mol. The molecule has 7 heteroatoms. The van der Waals surface area contributed by atoms with E-state index >= 15 is 0 Å². The van der Waals surface area contributed by atoms with E-state index in [-0.39, 0.29) is 18.1 Å². The predicted octanol–water partition coefficient (Wildman–Crippen LogP) is 2.26. The third-order valence-electron chi connectivity index (χ3n) is 4.41. The van der Waals surface area contributed by atoms with Crippen LogP contribution in [0.3, 0.4) is 0 Å². The molecule has 26 heavy (non-hydrogen) atoms. The fourth-order valence-electron chi connectivity index (χ4n) is 3.12. The van der Waals surface area contributed by atoms with Crippen LogP contribution in [0.4, 0.5) is 5.82 Å². The van der Waals surface area contributed by atoms with Crippen LogP contribution in [0.5, 0.6) is 0 Å². The third-order valence-corrected chi connectivity index (χ3v) is 4.41. The van der Waals surface area contributed by atoms with E-state index in [4.69, 9.17) is 0 Å². The van der Waals surface area contributed by atoms with Crippen LogP contribution >= 0.6 is 0 Å². The maximum absolute atomic E-state index is 12.4. The fourth-order valence-corrected chi connectivity index (χ4v) is 3.12. The van der Waals surface area contributed by atoms with Crippen LogP contribution in [0.25, 0.3) is 11.0 Å². The molecule has 0 atom stereocenters. The minimum Gasteiger partial charge on any atom is -0.357 e. The Morgan fingerprint density at radius 2 is 1.88 bits per heavy atom. The highest BCUT2D eigenvalue weighted by molar-refractivity contribution is 5.93. The second-order valence-electron chi connectivity index (χ2n) is 6.40. The number of aryl methyl sites for hydroxylation is 1. The number of amides is 1.